The molecule has 0 spiro atoms. The van der Waals surface area contributed by atoms with Gasteiger partial charge in [0.2, 0.25) is 11.8 Å². The molecular formula is C14H19N3O2S. The maximum Gasteiger partial charge on any atom is 0.244 e. The van der Waals surface area contributed by atoms with E-state index in [0.717, 1.165) is 30.6 Å². The van der Waals surface area contributed by atoms with E-state index in [1.54, 1.807) is 17.8 Å². The molecule has 1 aromatic rings. The predicted octanol–water partition coefficient (Wildman–Crippen LogP) is 1.56. The average Bonchev–Trinajstić information content (AvgIpc) is 2.96. The Morgan fingerprint density at radius 1 is 1.40 bits per heavy atom. The number of nitrogens with zero attached hydrogens (tertiary/aromatic N) is 1. The van der Waals surface area contributed by atoms with Gasteiger partial charge in [0.05, 0.1) is 5.51 Å². The lowest BCUT2D eigenvalue weighted by Crippen LogP contribution is -2.33. The van der Waals surface area contributed by atoms with Crippen LogP contribution in [0.15, 0.2) is 17.8 Å². The van der Waals surface area contributed by atoms with Crippen LogP contribution in [0.1, 0.15) is 30.6 Å². The summed E-state index contributed by atoms with van der Waals surface area (Å²) in [6, 6.07) is 0. The number of carbonyl (C=O) groups excluding carboxylic acids is 2. The highest BCUT2D eigenvalue weighted by atomic mass is 32.1. The van der Waals surface area contributed by atoms with Crippen molar-refractivity contribution < 1.29 is 9.59 Å². The number of hydrogen-bond acceptors (Lipinski definition) is 4. The number of amides is 2. The minimum atomic E-state index is -0.194. The molecular weight excluding hydrogens is 274 g/mol. The van der Waals surface area contributed by atoms with Gasteiger partial charge in [-0.2, -0.15) is 0 Å². The molecule has 1 heterocycles. The molecule has 0 radical (unpaired) electrons. The lowest BCUT2D eigenvalue weighted by atomic mass is 9.81. The van der Waals surface area contributed by atoms with E-state index in [9.17, 15) is 9.59 Å². The Morgan fingerprint density at radius 2 is 2.15 bits per heavy atom. The second-order valence-electron chi connectivity index (χ2n) is 5.10. The van der Waals surface area contributed by atoms with Crippen LogP contribution in [0, 0.1) is 11.8 Å². The van der Waals surface area contributed by atoms with Gasteiger partial charge in [-0.15, -0.1) is 11.3 Å². The smallest absolute Gasteiger partial charge is 0.244 e. The monoisotopic (exact) mass is 293 g/mol. The molecule has 1 aliphatic rings. The standard InChI is InChI=1S/C14H19N3O2S/c15-14(19)11-3-1-10(2-4-11)7-17-13(18)6-5-12-8-16-9-20-12/h5-6,8-11H,1-4,7H2,(H2,15,19)(H,17,18)/b6-5+. The third-order valence-electron chi connectivity index (χ3n) is 3.66. The number of nitrogens with two attached hydrogens (primary N) is 1. The van der Waals surface area contributed by atoms with Crippen molar-refractivity contribution in [1.29, 1.82) is 0 Å². The summed E-state index contributed by atoms with van der Waals surface area (Å²) in [6.07, 6.45) is 8.59. The summed E-state index contributed by atoms with van der Waals surface area (Å²) in [5.74, 6) is 0.190. The fourth-order valence-corrected chi connectivity index (χ4v) is 2.93. The summed E-state index contributed by atoms with van der Waals surface area (Å²) < 4.78 is 0. The number of primary amides is 1. The highest BCUT2D eigenvalue weighted by molar-refractivity contribution is 7.10. The molecule has 2 rings (SSSR count). The van der Waals surface area contributed by atoms with E-state index in [2.05, 4.69) is 10.3 Å². The molecule has 3 N–H and O–H groups in total. The van der Waals surface area contributed by atoms with Gasteiger partial charge in [-0.3, -0.25) is 14.6 Å². The summed E-state index contributed by atoms with van der Waals surface area (Å²) in [5, 5.41) is 2.90. The first-order chi connectivity index (χ1) is 9.65. The molecule has 1 saturated carbocycles. The highest BCUT2D eigenvalue weighted by Gasteiger charge is 2.24. The minimum absolute atomic E-state index is 0.0215. The summed E-state index contributed by atoms with van der Waals surface area (Å²) >= 11 is 1.49. The van der Waals surface area contributed by atoms with E-state index in [-0.39, 0.29) is 17.7 Å². The van der Waals surface area contributed by atoms with E-state index in [1.807, 2.05) is 0 Å². The lowest BCUT2D eigenvalue weighted by molar-refractivity contribution is -0.123. The van der Waals surface area contributed by atoms with Crippen molar-refractivity contribution in [2.75, 3.05) is 6.54 Å². The van der Waals surface area contributed by atoms with Crippen molar-refractivity contribution in [2.45, 2.75) is 25.7 Å². The van der Waals surface area contributed by atoms with E-state index in [4.69, 9.17) is 5.73 Å². The summed E-state index contributed by atoms with van der Waals surface area (Å²) in [7, 11) is 0. The topological polar surface area (TPSA) is 85.1 Å². The number of thiazole rings is 1. The van der Waals surface area contributed by atoms with Gasteiger partial charge in [0.15, 0.2) is 0 Å². The number of hydrogen-bond donors (Lipinski definition) is 2. The van der Waals surface area contributed by atoms with Gasteiger partial charge in [-0.1, -0.05) is 0 Å². The summed E-state index contributed by atoms with van der Waals surface area (Å²) in [4.78, 5) is 27.6. The van der Waals surface area contributed by atoms with Crippen LogP contribution in [-0.4, -0.2) is 23.3 Å². The third-order valence-corrected chi connectivity index (χ3v) is 4.41. The molecule has 1 aromatic heterocycles. The first-order valence-electron chi connectivity index (χ1n) is 6.79. The zero-order valence-corrected chi connectivity index (χ0v) is 12.1. The molecule has 108 valence electrons. The van der Waals surface area contributed by atoms with E-state index in [1.165, 1.54) is 17.4 Å². The molecule has 20 heavy (non-hydrogen) atoms. The molecule has 0 bridgehead atoms. The first kappa shape index (κ1) is 14.7. The van der Waals surface area contributed by atoms with Crippen molar-refractivity contribution >= 4 is 29.2 Å². The van der Waals surface area contributed by atoms with Gasteiger partial charge in [-0.25, -0.2) is 0 Å². The van der Waals surface area contributed by atoms with Crippen LogP contribution in [0.4, 0.5) is 0 Å². The van der Waals surface area contributed by atoms with Crippen molar-refractivity contribution in [1.82, 2.24) is 10.3 Å². The maximum absolute atomic E-state index is 11.7. The SMILES string of the molecule is NC(=O)C1CCC(CNC(=O)/C=C/c2cncs2)CC1. The first-order valence-corrected chi connectivity index (χ1v) is 7.67. The van der Waals surface area contributed by atoms with Gasteiger partial charge in [0, 0.05) is 29.6 Å². The van der Waals surface area contributed by atoms with Crippen molar-refractivity contribution in [3.8, 4) is 0 Å². The van der Waals surface area contributed by atoms with E-state index >= 15 is 0 Å². The number of nitrogens with one attached hydrogen (secondary N) is 1. The van der Waals surface area contributed by atoms with Crippen LogP contribution in [0.25, 0.3) is 6.08 Å². The molecule has 5 nitrogen and oxygen atoms in total. The molecule has 0 aliphatic heterocycles. The van der Waals surface area contributed by atoms with Gasteiger partial charge in [0.25, 0.3) is 0 Å². The van der Waals surface area contributed by atoms with Gasteiger partial charge in [-0.05, 0) is 37.7 Å². The number of aromatic nitrogens is 1. The molecule has 0 aromatic carbocycles. The minimum Gasteiger partial charge on any atom is -0.369 e. The van der Waals surface area contributed by atoms with Gasteiger partial charge >= 0.3 is 0 Å². The maximum atomic E-state index is 11.7. The normalized spacial score (nSPS) is 22.8. The van der Waals surface area contributed by atoms with Crippen LogP contribution in [0.3, 0.4) is 0 Å². The second-order valence-corrected chi connectivity index (χ2v) is 6.02. The van der Waals surface area contributed by atoms with Crippen LogP contribution in [0.5, 0.6) is 0 Å². The van der Waals surface area contributed by atoms with Crippen LogP contribution in [0.2, 0.25) is 0 Å². The van der Waals surface area contributed by atoms with E-state index in [0.29, 0.717) is 12.5 Å². The second kappa shape index (κ2) is 7.19. The Hall–Kier alpha value is -1.69. The van der Waals surface area contributed by atoms with Crippen LogP contribution in [-0.2, 0) is 9.59 Å². The summed E-state index contributed by atoms with van der Waals surface area (Å²) in [6.45, 7) is 0.664. The number of rotatable bonds is 5. The van der Waals surface area contributed by atoms with Crippen molar-refractivity contribution in [3.05, 3.63) is 22.7 Å². The quantitative estimate of drug-likeness (QED) is 0.808. The Morgan fingerprint density at radius 3 is 2.75 bits per heavy atom. The number of carbonyl (C=O) groups is 2. The highest BCUT2D eigenvalue weighted by Crippen LogP contribution is 2.27. The van der Waals surface area contributed by atoms with Crippen LogP contribution < -0.4 is 11.1 Å². The Bertz CT molecular complexity index is 477. The molecule has 0 saturated heterocycles. The predicted molar refractivity (Wildman–Crippen MR) is 78.8 cm³/mol. The fraction of sp³-hybridized carbons (Fsp3) is 0.500. The third kappa shape index (κ3) is 4.45. The zero-order chi connectivity index (χ0) is 14.4. The largest absolute Gasteiger partial charge is 0.369 e. The zero-order valence-electron chi connectivity index (χ0n) is 11.2. The molecule has 0 atom stereocenters. The van der Waals surface area contributed by atoms with Crippen molar-refractivity contribution in [2.24, 2.45) is 17.6 Å². The lowest BCUT2D eigenvalue weighted by Gasteiger charge is -2.26. The molecule has 6 heteroatoms. The Kier molecular flexibility index (Phi) is 5.29. The molecule has 1 aliphatic carbocycles. The van der Waals surface area contributed by atoms with Gasteiger partial charge in [0.1, 0.15) is 0 Å². The molecule has 1 fully saturated rings. The van der Waals surface area contributed by atoms with Crippen LogP contribution >= 0.6 is 11.3 Å². The molecule has 0 unspecified atom stereocenters. The van der Waals surface area contributed by atoms with Gasteiger partial charge < -0.3 is 11.1 Å². The molecule has 2 amide bonds. The summed E-state index contributed by atoms with van der Waals surface area (Å²) in [5.41, 5.74) is 7.03. The van der Waals surface area contributed by atoms with Crippen molar-refractivity contribution in [3.63, 3.8) is 0 Å². The Balaban J connectivity index is 1.68. The fourth-order valence-electron chi connectivity index (χ4n) is 2.42. The average molecular weight is 293 g/mol. The van der Waals surface area contributed by atoms with E-state index < -0.39 is 0 Å². The Labute approximate surface area is 122 Å².